The molecule has 3 nitrogen and oxygen atoms in total. The molecule has 0 atom stereocenters. The van der Waals surface area contributed by atoms with E-state index in [4.69, 9.17) is 27.9 Å². The van der Waals surface area contributed by atoms with Gasteiger partial charge in [0.1, 0.15) is 5.75 Å². The van der Waals surface area contributed by atoms with Gasteiger partial charge in [-0.15, -0.1) is 0 Å². The molecule has 0 N–H and O–H groups in total. The van der Waals surface area contributed by atoms with Crippen molar-refractivity contribution < 1.29 is 9.13 Å². The lowest BCUT2D eigenvalue weighted by Crippen LogP contribution is -1.98. The van der Waals surface area contributed by atoms with Crippen LogP contribution in [0.1, 0.15) is 0 Å². The molecule has 6 heteroatoms. The second kappa shape index (κ2) is 5.47. The largest absolute Gasteiger partial charge is 0.496 e. The Morgan fingerprint density at radius 1 is 1.00 bits per heavy atom. The molecule has 0 unspecified atom stereocenters. The van der Waals surface area contributed by atoms with Crippen LogP contribution in [0.4, 0.5) is 4.39 Å². The van der Waals surface area contributed by atoms with Crippen LogP contribution in [0, 0.1) is 5.82 Å². The number of benzene rings is 2. The summed E-state index contributed by atoms with van der Waals surface area (Å²) in [5, 5.41) is 1.21. The van der Waals surface area contributed by atoms with Gasteiger partial charge in [-0.1, -0.05) is 53.5 Å². The quantitative estimate of drug-likeness (QED) is 0.638. The predicted molar refractivity (Wildman–Crippen MR) is 81.5 cm³/mol. The van der Waals surface area contributed by atoms with Crippen LogP contribution in [0.3, 0.4) is 0 Å². The van der Waals surface area contributed by atoms with Gasteiger partial charge in [-0.3, -0.25) is 0 Å². The summed E-state index contributed by atoms with van der Waals surface area (Å²) >= 11 is 11.5. The molecular weight excluding hydrogens is 314 g/mol. The normalized spacial score (nSPS) is 10.9. The first-order valence-electron chi connectivity index (χ1n) is 6.06. The van der Waals surface area contributed by atoms with Crippen molar-refractivity contribution in [3.63, 3.8) is 0 Å². The number of fused-ring (bicyclic) bond motifs is 1. The topological polar surface area (TPSA) is 35.0 Å². The molecule has 3 rings (SSSR count). The molecule has 1 heterocycles. The molecule has 0 amide bonds. The highest BCUT2D eigenvalue weighted by atomic mass is 35.5. The molecule has 0 aliphatic rings. The van der Waals surface area contributed by atoms with Gasteiger partial charge in [0.05, 0.1) is 12.7 Å². The van der Waals surface area contributed by atoms with Gasteiger partial charge in [-0.05, 0) is 16.8 Å². The number of hydrogen-bond acceptors (Lipinski definition) is 3. The van der Waals surface area contributed by atoms with Crippen molar-refractivity contribution in [3.05, 3.63) is 52.5 Å². The summed E-state index contributed by atoms with van der Waals surface area (Å²) in [6, 6.07) is 11.4. The molecular formula is C15H9Cl2FN2O. The Bertz CT molecular complexity index is 816. The highest BCUT2D eigenvalue weighted by Gasteiger charge is 2.17. The molecule has 1 aromatic heterocycles. The van der Waals surface area contributed by atoms with Crippen molar-refractivity contribution in [1.82, 2.24) is 9.97 Å². The second-order valence-corrected chi connectivity index (χ2v) is 5.02. The number of hydrogen-bond donors (Lipinski definition) is 0. The highest BCUT2D eigenvalue weighted by molar-refractivity contribution is 6.33. The van der Waals surface area contributed by atoms with Gasteiger partial charge in [0.2, 0.25) is 0 Å². The van der Waals surface area contributed by atoms with E-state index in [-0.39, 0.29) is 16.1 Å². The first kappa shape index (κ1) is 14.0. The third-order valence-electron chi connectivity index (χ3n) is 3.10. The first-order chi connectivity index (χ1) is 10.1. The molecule has 2 aromatic carbocycles. The molecule has 0 bridgehead atoms. The molecule has 0 aliphatic heterocycles. The third kappa shape index (κ3) is 2.41. The Morgan fingerprint density at radius 3 is 2.33 bits per heavy atom. The van der Waals surface area contributed by atoms with Crippen LogP contribution in [0.5, 0.6) is 5.75 Å². The Hall–Kier alpha value is -1.91. The molecule has 21 heavy (non-hydrogen) atoms. The van der Waals surface area contributed by atoms with Crippen molar-refractivity contribution >= 4 is 34.0 Å². The van der Waals surface area contributed by atoms with Crippen molar-refractivity contribution in [3.8, 4) is 17.1 Å². The number of nitrogens with zero attached hydrogens (tertiary/aromatic N) is 2. The van der Waals surface area contributed by atoms with Crippen molar-refractivity contribution in [2.45, 2.75) is 0 Å². The SMILES string of the molecule is COc1ccc2ccccc2c1-c1nc(Cl)c(F)c(Cl)n1. The highest BCUT2D eigenvalue weighted by Crippen LogP contribution is 2.36. The van der Waals surface area contributed by atoms with Crippen molar-refractivity contribution in [2.24, 2.45) is 0 Å². The van der Waals surface area contributed by atoms with E-state index in [0.29, 0.717) is 11.3 Å². The molecule has 106 valence electrons. The lowest BCUT2D eigenvalue weighted by atomic mass is 10.0. The Morgan fingerprint density at radius 2 is 1.67 bits per heavy atom. The zero-order valence-corrected chi connectivity index (χ0v) is 12.4. The molecule has 3 aromatic rings. The molecule has 0 saturated carbocycles. The number of aromatic nitrogens is 2. The second-order valence-electron chi connectivity index (χ2n) is 4.31. The fourth-order valence-corrected chi connectivity index (χ4v) is 2.55. The summed E-state index contributed by atoms with van der Waals surface area (Å²) in [6.45, 7) is 0. The van der Waals surface area contributed by atoms with E-state index in [1.54, 1.807) is 13.2 Å². The van der Waals surface area contributed by atoms with Crippen LogP contribution < -0.4 is 4.74 Å². The van der Waals surface area contributed by atoms with Gasteiger partial charge in [-0.25, -0.2) is 14.4 Å². The van der Waals surface area contributed by atoms with Gasteiger partial charge in [0.25, 0.3) is 0 Å². The van der Waals surface area contributed by atoms with E-state index in [1.165, 1.54) is 0 Å². The van der Waals surface area contributed by atoms with Crippen LogP contribution in [0.15, 0.2) is 36.4 Å². The van der Waals surface area contributed by atoms with Crippen LogP contribution in [0.2, 0.25) is 10.3 Å². The molecule has 0 radical (unpaired) electrons. The summed E-state index contributed by atoms with van der Waals surface area (Å²) in [5.74, 6) is -0.0474. The number of halogens is 3. The Balaban J connectivity index is 2.38. The van der Waals surface area contributed by atoms with Crippen LogP contribution in [0.25, 0.3) is 22.2 Å². The summed E-state index contributed by atoms with van der Waals surface area (Å²) in [5.41, 5.74) is 0.624. The van der Waals surface area contributed by atoms with Gasteiger partial charge in [-0.2, -0.15) is 0 Å². The minimum absolute atomic E-state index is 0.222. The lowest BCUT2D eigenvalue weighted by molar-refractivity contribution is 0.416. The van der Waals surface area contributed by atoms with E-state index in [9.17, 15) is 4.39 Å². The van der Waals surface area contributed by atoms with Crippen molar-refractivity contribution in [1.29, 1.82) is 0 Å². The summed E-state index contributed by atoms with van der Waals surface area (Å²) in [7, 11) is 1.54. The minimum atomic E-state index is -0.832. The van der Waals surface area contributed by atoms with Crippen LogP contribution in [-0.4, -0.2) is 17.1 Å². The van der Waals surface area contributed by atoms with Gasteiger partial charge >= 0.3 is 0 Å². The van der Waals surface area contributed by atoms with Crippen molar-refractivity contribution in [2.75, 3.05) is 7.11 Å². The van der Waals surface area contributed by atoms with Crippen LogP contribution in [-0.2, 0) is 0 Å². The first-order valence-corrected chi connectivity index (χ1v) is 6.82. The molecule has 0 saturated heterocycles. The molecule has 0 fully saturated rings. The van der Waals surface area contributed by atoms with Gasteiger partial charge in [0, 0.05) is 0 Å². The lowest BCUT2D eigenvalue weighted by Gasteiger charge is -2.11. The van der Waals surface area contributed by atoms with E-state index in [2.05, 4.69) is 9.97 Å². The maximum Gasteiger partial charge on any atom is 0.197 e. The fourth-order valence-electron chi connectivity index (χ4n) is 2.16. The maximum absolute atomic E-state index is 13.5. The zero-order chi connectivity index (χ0) is 15.0. The number of ether oxygens (including phenoxy) is 1. The predicted octanol–water partition coefficient (Wildman–Crippen LogP) is 4.75. The summed E-state index contributed by atoms with van der Waals surface area (Å²) < 4.78 is 18.9. The molecule has 0 aliphatic carbocycles. The Labute approximate surface area is 130 Å². The van der Waals surface area contributed by atoms with E-state index in [0.717, 1.165) is 10.8 Å². The van der Waals surface area contributed by atoms with E-state index < -0.39 is 5.82 Å². The average molecular weight is 323 g/mol. The summed E-state index contributed by atoms with van der Waals surface area (Å²) in [6.07, 6.45) is 0. The van der Waals surface area contributed by atoms with Gasteiger partial charge < -0.3 is 4.74 Å². The smallest absolute Gasteiger partial charge is 0.197 e. The van der Waals surface area contributed by atoms with Gasteiger partial charge in [0.15, 0.2) is 21.9 Å². The fraction of sp³-hybridized carbons (Fsp3) is 0.0667. The minimum Gasteiger partial charge on any atom is -0.496 e. The number of methoxy groups -OCH3 is 1. The van der Waals surface area contributed by atoms with E-state index in [1.807, 2.05) is 30.3 Å². The summed E-state index contributed by atoms with van der Waals surface area (Å²) in [4.78, 5) is 7.95. The Kier molecular flexibility index (Phi) is 3.66. The zero-order valence-electron chi connectivity index (χ0n) is 10.9. The van der Waals surface area contributed by atoms with Crippen LogP contribution >= 0.6 is 23.2 Å². The van der Waals surface area contributed by atoms with E-state index >= 15 is 0 Å². The number of rotatable bonds is 2. The third-order valence-corrected chi connectivity index (χ3v) is 3.61. The standard InChI is InChI=1S/C15H9Cl2FN2O/c1-21-10-7-6-8-4-2-3-5-9(8)11(10)15-19-13(16)12(18)14(17)20-15/h2-7H,1H3. The maximum atomic E-state index is 13.5. The monoisotopic (exact) mass is 322 g/mol. The molecule has 0 spiro atoms. The average Bonchev–Trinajstić information content (AvgIpc) is 2.51.